The van der Waals surface area contributed by atoms with E-state index in [1.54, 1.807) is 0 Å². The minimum absolute atomic E-state index is 0.285. The molecular formula is C62H66N4O4. The van der Waals surface area contributed by atoms with Crippen molar-refractivity contribution < 1.29 is 19.0 Å². The summed E-state index contributed by atoms with van der Waals surface area (Å²) in [5.74, 6) is 2.69. The largest absolute Gasteiger partial charge is 0.507 e. The van der Waals surface area contributed by atoms with E-state index in [9.17, 15) is 10.2 Å². The van der Waals surface area contributed by atoms with E-state index in [1.165, 1.54) is 0 Å². The van der Waals surface area contributed by atoms with E-state index >= 15 is 0 Å². The maximum atomic E-state index is 11.7. The Labute approximate surface area is 413 Å². The zero-order chi connectivity index (χ0) is 50.2. The van der Waals surface area contributed by atoms with Crippen LogP contribution < -0.4 is 0 Å². The van der Waals surface area contributed by atoms with Crippen molar-refractivity contribution in [3.8, 4) is 45.3 Å². The second-order valence-corrected chi connectivity index (χ2v) is 22.4. The summed E-state index contributed by atoms with van der Waals surface area (Å²) in [6.07, 6.45) is 0. The number of hydrogen-bond acceptors (Lipinski definition) is 8. The monoisotopic (exact) mass is 931 g/mol. The summed E-state index contributed by atoms with van der Waals surface area (Å²) in [7, 11) is 0. The Balaban J connectivity index is 1.21. The Hall–Kier alpha value is -7.32. The summed E-state index contributed by atoms with van der Waals surface area (Å²) >= 11 is 0. The van der Waals surface area contributed by atoms with Gasteiger partial charge in [0.15, 0.2) is 23.6 Å². The third-order valence-corrected chi connectivity index (χ3v) is 12.7. The van der Waals surface area contributed by atoms with E-state index in [2.05, 4.69) is 132 Å². The quantitative estimate of drug-likeness (QED) is 0.126. The fourth-order valence-electron chi connectivity index (χ4n) is 8.71. The standard InChI is InChI=1S/C62H66N4O4/c1-59(2,3)47-35-43(36-48(57(47)67)60(4,5)6)55(65-63-45-27-23-41(24-28-45)39-19-15-13-16-20-39)53-33-31-51(69-53)52-32-34-54(70-52)56(44-37-49(61(7,8)9)58(68)50(38-44)62(10,11)12)66-64-46-29-25-42(26-30-46)40-21-17-14-18-22-40/h13-38,55-56,67-68H,1-12H3. The van der Waals surface area contributed by atoms with Gasteiger partial charge in [0.2, 0.25) is 0 Å². The van der Waals surface area contributed by atoms with Crippen LogP contribution in [0.3, 0.4) is 0 Å². The van der Waals surface area contributed by atoms with Crippen LogP contribution in [0.5, 0.6) is 11.5 Å². The molecule has 0 aliphatic carbocycles. The normalized spacial score (nSPS) is 13.6. The van der Waals surface area contributed by atoms with Crippen molar-refractivity contribution >= 4 is 11.4 Å². The van der Waals surface area contributed by atoms with Crippen LogP contribution in [0.2, 0.25) is 0 Å². The topological polar surface area (TPSA) is 116 Å². The smallest absolute Gasteiger partial charge is 0.169 e. The fraction of sp³-hybridized carbons (Fsp3) is 0.290. The molecule has 2 heterocycles. The molecule has 2 N–H and O–H groups in total. The van der Waals surface area contributed by atoms with Crippen molar-refractivity contribution in [2.24, 2.45) is 20.5 Å². The molecule has 2 atom stereocenters. The number of furan rings is 2. The van der Waals surface area contributed by atoms with Gasteiger partial charge in [-0.3, -0.25) is 0 Å². The van der Waals surface area contributed by atoms with E-state index in [0.717, 1.165) is 55.6 Å². The minimum atomic E-state index is -0.668. The highest BCUT2D eigenvalue weighted by atomic mass is 16.4. The highest BCUT2D eigenvalue weighted by Gasteiger charge is 2.32. The Kier molecular flexibility index (Phi) is 13.5. The lowest BCUT2D eigenvalue weighted by Crippen LogP contribution is -2.18. The molecule has 0 aliphatic rings. The number of azo groups is 2. The first-order valence-corrected chi connectivity index (χ1v) is 24.1. The number of aromatic hydroxyl groups is 2. The Morgan fingerprint density at radius 2 is 0.643 bits per heavy atom. The first-order chi connectivity index (χ1) is 33.0. The molecule has 0 aliphatic heterocycles. The van der Waals surface area contributed by atoms with Gasteiger partial charge in [-0.1, -0.05) is 168 Å². The van der Waals surface area contributed by atoms with E-state index in [-0.39, 0.29) is 33.2 Å². The van der Waals surface area contributed by atoms with Crippen molar-refractivity contribution in [2.75, 3.05) is 0 Å². The predicted octanol–water partition coefficient (Wildman–Crippen LogP) is 18.2. The van der Waals surface area contributed by atoms with Crippen LogP contribution in [0.4, 0.5) is 11.4 Å². The molecule has 0 radical (unpaired) electrons. The van der Waals surface area contributed by atoms with Gasteiger partial charge in [0, 0.05) is 0 Å². The van der Waals surface area contributed by atoms with E-state index in [0.29, 0.717) is 34.4 Å². The van der Waals surface area contributed by atoms with Gasteiger partial charge in [-0.15, -0.1) is 0 Å². The van der Waals surface area contributed by atoms with Crippen LogP contribution in [0, 0.1) is 0 Å². The van der Waals surface area contributed by atoms with Crippen LogP contribution in [0.15, 0.2) is 187 Å². The molecule has 2 aromatic heterocycles. The Morgan fingerprint density at radius 3 is 0.929 bits per heavy atom. The molecule has 0 saturated carbocycles. The molecule has 2 unspecified atom stereocenters. The van der Waals surface area contributed by atoms with Crippen LogP contribution in [-0.2, 0) is 21.7 Å². The minimum Gasteiger partial charge on any atom is -0.507 e. The summed E-state index contributed by atoms with van der Waals surface area (Å²) in [6, 6.07) is 51.0. The maximum absolute atomic E-state index is 11.7. The highest BCUT2D eigenvalue weighted by Crippen LogP contribution is 2.46. The summed E-state index contributed by atoms with van der Waals surface area (Å²) < 4.78 is 13.5. The lowest BCUT2D eigenvalue weighted by molar-refractivity contribution is 0.419. The molecule has 0 fully saturated rings. The van der Waals surface area contributed by atoms with Gasteiger partial charge in [0.25, 0.3) is 0 Å². The van der Waals surface area contributed by atoms with Gasteiger partial charge >= 0.3 is 0 Å². The number of phenolic OH excluding ortho intramolecular Hbond substituents is 2. The number of benzene rings is 6. The molecule has 0 amide bonds. The zero-order valence-electron chi connectivity index (χ0n) is 42.7. The molecule has 70 heavy (non-hydrogen) atoms. The lowest BCUT2D eigenvalue weighted by atomic mass is 9.77. The molecule has 0 bridgehead atoms. The highest BCUT2D eigenvalue weighted by molar-refractivity contribution is 5.66. The molecular weight excluding hydrogens is 865 g/mol. The molecule has 8 heteroatoms. The molecule has 358 valence electrons. The Bertz CT molecular complexity index is 2850. The second-order valence-electron chi connectivity index (χ2n) is 22.4. The average Bonchev–Trinajstić information content (AvgIpc) is 4.01. The van der Waals surface area contributed by atoms with E-state index in [1.807, 2.05) is 109 Å². The van der Waals surface area contributed by atoms with Gasteiger partial charge in [-0.05, 0) is 150 Å². The van der Waals surface area contributed by atoms with E-state index < -0.39 is 12.1 Å². The SMILES string of the molecule is CC(C)(C)c1cc(C(N=Nc2ccc(-c3ccccc3)cc2)c2ccc(-c3ccc(C(N=Nc4ccc(-c5ccccc5)cc4)c4cc(C(C)(C)C)c(O)c(C(C)(C)C)c4)o3)o2)cc(C(C)(C)C)c1O. The summed E-state index contributed by atoms with van der Waals surface area (Å²) in [5.41, 5.74) is 9.28. The summed E-state index contributed by atoms with van der Waals surface area (Å²) in [4.78, 5) is 0. The zero-order valence-corrected chi connectivity index (χ0v) is 42.7. The molecule has 8 rings (SSSR count). The number of phenols is 2. The summed E-state index contributed by atoms with van der Waals surface area (Å²) in [6.45, 7) is 25.2. The molecule has 6 aromatic carbocycles. The van der Waals surface area contributed by atoms with Crippen LogP contribution >= 0.6 is 0 Å². The average molecular weight is 931 g/mol. The van der Waals surface area contributed by atoms with Crippen molar-refractivity contribution in [3.05, 3.63) is 203 Å². The van der Waals surface area contributed by atoms with Crippen LogP contribution in [-0.4, -0.2) is 10.2 Å². The van der Waals surface area contributed by atoms with Crippen LogP contribution in [0.25, 0.3) is 33.8 Å². The van der Waals surface area contributed by atoms with Gasteiger partial charge in [-0.25, -0.2) is 0 Å². The van der Waals surface area contributed by atoms with Gasteiger partial charge < -0.3 is 19.0 Å². The molecule has 0 spiro atoms. The third-order valence-electron chi connectivity index (χ3n) is 12.7. The maximum Gasteiger partial charge on any atom is 0.169 e. The van der Waals surface area contributed by atoms with Gasteiger partial charge in [0.05, 0.1) is 11.4 Å². The van der Waals surface area contributed by atoms with Gasteiger partial charge in [0.1, 0.15) is 23.0 Å². The number of rotatable bonds is 11. The molecule has 8 aromatic rings. The Morgan fingerprint density at radius 1 is 0.357 bits per heavy atom. The van der Waals surface area contributed by atoms with Crippen LogP contribution in [0.1, 0.15) is 140 Å². The number of hydrogen-bond donors (Lipinski definition) is 2. The van der Waals surface area contributed by atoms with Crippen molar-refractivity contribution in [2.45, 2.75) is 117 Å². The van der Waals surface area contributed by atoms with E-state index in [4.69, 9.17) is 29.3 Å². The lowest BCUT2D eigenvalue weighted by Gasteiger charge is -2.29. The first kappa shape index (κ1) is 49.1. The van der Waals surface area contributed by atoms with Crippen molar-refractivity contribution in [1.82, 2.24) is 0 Å². The first-order valence-electron chi connectivity index (χ1n) is 24.1. The summed E-state index contributed by atoms with van der Waals surface area (Å²) in [5, 5.41) is 43.0. The molecule has 0 saturated heterocycles. The third kappa shape index (κ3) is 10.9. The fourth-order valence-corrected chi connectivity index (χ4v) is 8.71. The predicted molar refractivity (Wildman–Crippen MR) is 284 cm³/mol. The van der Waals surface area contributed by atoms with Crippen molar-refractivity contribution in [3.63, 3.8) is 0 Å². The molecule has 8 nitrogen and oxygen atoms in total. The van der Waals surface area contributed by atoms with Crippen molar-refractivity contribution in [1.29, 1.82) is 0 Å². The van der Waals surface area contributed by atoms with Gasteiger partial charge in [-0.2, -0.15) is 20.5 Å². The second kappa shape index (κ2) is 19.2. The number of nitrogens with zero attached hydrogens (tertiary/aromatic N) is 4.